The van der Waals surface area contributed by atoms with Crippen LogP contribution in [-0.4, -0.2) is 54.5 Å². The second-order valence-corrected chi connectivity index (χ2v) is 9.49. The van der Waals surface area contributed by atoms with E-state index in [1.165, 1.54) is 19.2 Å². The van der Waals surface area contributed by atoms with E-state index in [9.17, 15) is 14.4 Å². The molecule has 0 aliphatic rings. The summed E-state index contributed by atoms with van der Waals surface area (Å²) >= 11 is 12.1. The Hall–Kier alpha value is -4.28. The number of hydrogen-bond acceptors (Lipinski definition) is 7. The fourth-order valence-corrected chi connectivity index (χ4v) is 4.00. The van der Waals surface area contributed by atoms with Crippen LogP contribution in [0.25, 0.3) is 0 Å². The Balaban J connectivity index is 1.70. The number of halogens is 2. The number of benzene rings is 3. The van der Waals surface area contributed by atoms with Gasteiger partial charge in [-0.1, -0.05) is 53.5 Å². The van der Waals surface area contributed by atoms with E-state index in [2.05, 4.69) is 15.8 Å². The number of ether oxygens (including phenoxy) is 3. The van der Waals surface area contributed by atoms with Crippen molar-refractivity contribution in [2.45, 2.75) is 32.4 Å². The van der Waals surface area contributed by atoms with Gasteiger partial charge in [-0.3, -0.25) is 9.59 Å². The highest BCUT2D eigenvalue weighted by molar-refractivity contribution is 6.35. The molecular formula is C29H29Cl2N3O7. The Bertz CT molecular complexity index is 1390. The van der Waals surface area contributed by atoms with Crippen LogP contribution in [0, 0.1) is 0 Å². The molecule has 10 nitrogen and oxygen atoms in total. The lowest BCUT2D eigenvalue weighted by atomic mass is 10.1. The Morgan fingerprint density at radius 2 is 1.68 bits per heavy atom. The minimum Gasteiger partial charge on any atom is -0.490 e. The van der Waals surface area contributed by atoms with Gasteiger partial charge in [0, 0.05) is 11.4 Å². The van der Waals surface area contributed by atoms with Crippen LogP contribution in [0.5, 0.6) is 17.2 Å². The summed E-state index contributed by atoms with van der Waals surface area (Å²) in [7, 11) is 0. The molecule has 0 saturated carbocycles. The lowest BCUT2D eigenvalue weighted by molar-refractivity contribution is -0.139. The highest BCUT2D eigenvalue weighted by Crippen LogP contribution is 2.29. The molecule has 0 bridgehead atoms. The molecule has 0 aliphatic carbocycles. The maximum absolute atomic E-state index is 13.1. The van der Waals surface area contributed by atoms with Crippen LogP contribution >= 0.6 is 23.2 Å². The monoisotopic (exact) mass is 601 g/mol. The van der Waals surface area contributed by atoms with Gasteiger partial charge in [-0.15, -0.1) is 0 Å². The maximum atomic E-state index is 13.1. The Morgan fingerprint density at radius 3 is 2.37 bits per heavy atom. The normalized spacial score (nSPS) is 12.3. The molecule has 3 aromatic rings. The largest absolute Gasteiger partial charge is 0.490 e. The lowest BCUT2D eigenvalue weighted by Gasteiger charge is -2.21. The molecular weight excluding hydrogens is 573 g/mol. The van der Waals surface area contributed by atoms with E-state index in [0.717, 1.165) is 5.56 Å². The van der Waals surface area contributed by atoms with Gasteiger partial charge in [-0.25, -0.2) is 10.2 Å². The van der Waals surface area contributed by atoms with E-state index in [0.29, 0.717) is 22.9 Å². The molecule has 0 radical (unpaired) electrons. The molecule has 0 saturated heterocycles. The predicted octanol–water partition coefficient (Wildman–Crippen LogP) is 4.50. The minimum absolute atomic E-state index is 0.201. The molecule has 3 N–H and O–H groups in total. The van der Waals surface area contributed by atoms with E-state index in [-0.39, 0.29) is 22.9 Å². The van der Waals surface area contributed by atoms with E-state index in [4.69, 9.17) is 42.5 Å². The first-order valence-corrected chi connectivity index (χ1v) is 13.3. The topological polar surface area (TPSA) is 136 Å². The van der Waals surface area contributed by atoms with Crippen LogP contribution in [0.3, 0.4) is 0 Å². The average Bonchev–Trinajstić information content (AvgIpc) is 2.94. The second kappa shape index (κ2) is 15.5. The smallest absolute Gasteiger partial charge is 0.341 e. The van der Waals surface area contributed by atoms with Crippen molar-refractivity contribution in [2.24, 2.45) is 5.10 Å². The SMILES string of the molecule is CCOc1cc(/C=N\NC(=O)[C@H](Cc2ccccc2)NC(=O)[C@@H](C)Oc2ccc(Cl)cc2Cl)ccc1OCC(=O)O. The van der Waals surface area contributed by atoms with Crippen LogP contribution in [0.1, 0.15) is 25.0 Å². The van der Waals surface area contributed by atoms with Gasteiger partial charge in [0.25, 0.3) is 11.8 Å². The molecule has 2 amide bonds. The van der Waals surface area contributed by atoms with Crippen molar-refractivity contribution in [1.82, 2.24) is 10.7 Å². The van der Waals surface area contributed by atoms with Crippen LogP contribution in [-0.2, 0) is 20.8 Å². The summed E-state index contributed by atoms with van der Waals surface area (Å²) in [6, 6.07) is 17.6. The van der Waals surface area contributed by atoms with E-state index in [1.54, 1.807) is 37.3 Å². The van der Waals surface area contributed by atoms with Crippen LogP contribution < -0.4 is 25.0 Å². The molecule has 0 aliphatic heterocycles. The molecule has 0 spiro atoms. The van der Waals surface area contributed by atoms with Crippen LogP contribution in [0.15, 0.2) is 71.8 Å². The third-order valence-electron chi connectivity index (χ3n) is 5.49. The first-order chi connectivity index (χ1) is 19.7. The zero-order valence-electron chi connectivity index (χ0n) is 22.3. The summed E-state index contributed by atoms with van der Waals surface area (Å²) < 4.78 is 16.4. The molecule has 216 valence electrons. The van der Waals surface area contributed by atoms with Gasteiger partial charge in [-0.2, -0.15) is 5.10 Å². The third-order valence-corrected chi connectivity index (χ3v) is 6.02. The number of rotatable bonds is 14. The lowest BCUT2D eigenvalue weighted by Crippen LogP contribution is -2.50. The van der Waals surface area contributed by atoms with Gasteiger partial charge in [0.15, 0.2) is 24.2 Å². The standard InChI is InChI=1S/C29H29Cl2N3O7/c1-3-39-26-14-20(9-11-25(26)40-17-27(35)36)16-32-34-29(38)23(13-19-7-5-4-6-8-19)33-28(37)18(2)41-24-12-10-21(30)15-22(24)31/h4-12,14-16,18,23H,3,13,17H2,1-2H3,(H,33,37)(H,34,38)(H,35,36)/b32-16-/t18-,23+/m1/s1. The summed E-state index contributed by atoms with van der Waals surface area (Å²) in [6.45, 7) is 3.12. The zero-order chi connectivity index (χ0) is 29.8. The maximum Gasteiger partial charge on any atom is 0.341 e. The molecule has 0 heterocycles. The predicted molar refractivity (Wildman–Crippen MR) is 155 cm³/mol. The Kier molecular flexibility index (Phi) is 11.8. The summed E-state index contributed by atoms with van der Waals surface area (Å²) in [5.74, 6) is -1.34. The van der Waals surface area contributed by atoms with Gasteiger partial charge in [0.1, 0.15) is 11.8 Å². The van der Waals surface area contributed by atoms with Crippen LogP contribution in [0.2, 0.25) is 10.0 Å². The van der Waals surface area contributed by atoms with Crippen molar-refractivity contribution in [3.63, 3.8) is 0 Å². The van der Waals surface area contributed by atoms with Crippen LogP contribution in [0.4, 0.5) is 0 Å². The van der Waals surface area contributed by atoms with Gasteiger partial charge >= 0.3 is 5.97 Å². The number of hydrogen-bond donors (Lipinski definition) is 3. The quantitative estimate of drug-likeness (QED) is 0.183. The molecule has 2 atom stereocenters. The van der Waals surface area contributed by atoms with Gasteiger partial charge in [0.2, 0.25) is 0 Å². The van der Waals surface area contributed by atoms with Crippen molar-refractivity contribution in [2.75, 3.05) is 13.2 Å². The van der Waals surface area contributed by atoms with Crippen molar-refractivity contribution in [1.29, 1.82) is 0 Å². The fourth-order valence-electron chi connectivity index (χ4n) is 3.54. The first kappa shape index (κ1) is 31.3. The average molecular weight is 602 g/mol. The molecule has 0 fully saturated rings. The number of nitrogens with zero attached hydrogens (tertiary/aromatic N) is 1. The highest BCUT2D eigenvalue weighted by atomic mass is 35.5. The molecule has 3 aromatic carbocycles. The molecule has 0 unspecified atom stereocenters. The number of nitrogens with one attached hydrogen (secondary N) is 2. The van der Waals surface area contributed by atoms with Crippen molar-refractivity contribution < 1.29 is 33.7 Å². The van der Waals surface area contributed by atoms with E-state index >= 15 is 0 Å². The van der Waals surface area contributed by atoms with Gasteiger partial charge in [-0.05, 0) is 61.4 Å². The molecule has 12 heteroatoms. The zero-order valence-corrected chi connectivity index (χ0v) is 23.8. The third kappa shape index (κ3) is 10.0. The van der Waals surface area contributed by atoms with Gasteiger partial charge in [0.05, 0.1) is 17.8 Å². The highest BCUT2D eigenvalue weighted by Gasteiger charge is 2.25. The minimum atomic E-state index is -1.12. The number of carbonyl (C=O) groups is 3. The first-order valence-electron chi connectivity index (χ1n) is 12.6. The number of amides is 2. The van der Waals surface area contributed by atoms with E-state index < -0.39 is 36.5 Å². The van der Waals surface area contributed by atoms with Gasteiger partial charge < -0.3 is 24.6 Å². The number of aliphatic carboxylic acids is 1. The number of carboxylic acid groups (broad SMARTS) is 1. The summed E-state index contributed by atoms with van der Waals surface area (Å²) in [6.07, 6.45) is 0.617. The number of hydrazone groups is 1. The Labute approximate surface area is 247 Å². The molecule has 3 rings (SSSR count). The van der Waals surface area contributed by atoms with Crippen molar-refractivity contribution >= 4 is 47.2 Å². The Morgan fingerprint density at radius 1 is 0.951 bits per heavy atom. The summed E-state index contributed by atoms with van der Waals surface area (Å²) in [5, 5.41) is 16.3. The summed E-state index contributed by atoms with van der Waals surface area (Å²) in [4.78, 5) is 36.9. The number of carboxylic acids is 1. The second-order valence-electron chi connectivity index (χ2n) is 8.64. The fraction of sp³-hybridized carbons (Fsp3) is 0.241. The molecule has 41 heavy (non-hydrogen) atoms. The van der Waals surface area contributed by atoms with Crippen molar-refractivity contribution in [3.8, 4) is 17.2 Å². The van der Waals surface area contributed by atoms with Crippen molar-refractivity contribution in [3.05, 3.63) is 87.9 Å². The molecule has 0 aromatic heterocycles. The van der Waals surface area contributed by atoms with E-state index in [1.807, 2.05) is 30.3 Å². The number of carbonyl (C=O) groups excluding carboxylic acids is 2. The summed E-state index contributed by atoms with van der Waals surface area (Å²) in [5.41, 5.74) is 3.84.